The van der Waals surface area contributed by atoms with Gasteiger partial charge >= 0.3 is 5.97 Å². The Hall–Kier alpha value is -2.71. The molecule has 26 heavy (non-hydrogen) atoms. The number of esters is 1. The number of aromatic nitrogens is 2. The van der Waals surface area contributed by atoms with E-state index in [0.29, 0.717) is 18.7 Å². The molecule has 0 spiro atoms. The maximum Gasteiger partial charge on any atom is 0.333 e. The zero-order valence-electron chi connectivity index (χ0n) is 15.9. The molecule has 142 valence electrons. The summed E-state index contributed by atoms with van der Waals surface area (Å²) in [6.45, 7) is 9.59. The normalized spacial score (nSPS) is 9.27. The SMILES string of the molecule is C=C(C)C(=O)OCCn1cc[n+](CCCCCCCC)c1.N#CN=C=[N-]. The van der Waals surface area contributed by atoms with E-state index in [1.54, 1.807) is 6.92 Å². The molecule has 0 aliphatic heterocycles. The van der Waals surface area contributed by atoms with Crippen LogP contribution in [0.2, 0.25) is 0 Å². The number of rotatable bonds is 11. The van der Waals surface area contributed by atoms with E-state index in [1.165, 1.54) is 50.7 Å². The fourth-order valence-corrected chi connectivity index (χ4v) is 2.17. The fraction of sp³-hybridized carbons (Fsp3) is 0.579. The summed E-state index contributed by atoms with van der Waals surface area (Å²) < 4.78 is 9.32. The minimum atomic E-state index is -0.317. The lowest BCUT2D eigenvalue weighted by Crippen LogP contribution is -2.31. The summed E-state index contributed by atoms with van der Waals surface area (Å²) in [6, 6.07) is 1.28. The summed E-state index contributed by atoms with van der Waals surface area (Å²) >= 11 is 0. The van der Waals surface area contributed by atoms with E-state index in [-0.39, 0.29) is 5.97 Å². The van der Waals surface area contributed by atoms with Crippen molar-refractivity contribution in [3.63, 3.8) is 0 Å². The van der Waals surface area contributed by atoms with Crippen molar-refractivity contribution in [1.82, 2.24) is 4.57 Å². The summed E-state index contributed by atoms with van der Waals surface area (Å²) in [5, 5.41) is 14.9. The van der Waals surface area contributed by atoms with Crippen molar-refractivity contribution in [1.29, 1.82) is 5.26 Å². The predicted molar refractivity (Wildman–Crippen MR) is 100 cm³/mol. The van der Waals surface area contributed by atoms with Crippen LogP contribution in [0, 0.1) is 11.5 Å². The van der Waals surface area contributed by atoms with Gasteiger partial charge in [0.2, 0.25) is 6.33 Å². The van der Waals surface area contributed by atoms with Gasteiger partial charge < -0.3 is 15.1 Å². The van der Waals surface area contributed by atoms with E-state index >= 15 is 0 Å². The third-order valence-corrected chi connectivity index (χ3v) is 3.55. The first-order chi connectivity index (χ1) is 12.5. The van der Waals surface area contributed by atoms with Crippen molar-refractivity contribution in [2.75, 3.05) is 6.61 Å². The number of imidazole rings is 1. The van der Waals surface area contributed by atoms with E-state index < -0.39 is 0 Å². The number of nitrogens with zero attached hydrogens (tertiary/aromatic N) is 5. The summed E-state index contributed by atoms with van der Waals surface area (Å²) in [4.78, 5) is 13.8. The zero-order chi connectivity index (χ0) is 19.6. The molecule has 0 saturated heterocycles. The monoisotopic (exact) mass is 359 g/mol. The van der Waals surface area contributed by atoms with Crippen LogP contribution < -0.4 is 4.57 Å². The second-order valence-corrected chi connectivity index (χ2v) is 5.89. The molecule has 0 aliphatic carbocycles. The maximum atomic E-state index is 11.3. The number of hydrogen-bond donors (Lipinski definition) is 0. The van der Waals surface area contributed by atoms with Crippen molar-refractivity contribution < 1.29 is 14.1 Å². The first-order valence-electron chi connectivity index (χ1n) is 8.90. The molecule has 1 rings (SSSR count). The van der Waals surface area contributed by atoms with Crippen LogP contribution in [0.1, 0.15) is 52.4 Å². The number of ether oxygens (including phenoxy) is 1. The number of unbranched alkanes of at least 4 members (excludes halogenated alkanes) is 5. The number of nitriles is 1. The third-order valence-electron chi connectivity index (χ3n) is 3.55. The van der Waals surface area contributed by atoms with Crippen LogP contribution in [0.3, 0.4) is 0 Å². The molecule has 0 aromatic carbocycles. The fourth-order valence-electron chi connectivity index (χ4n) is 2.17. The average Bonchev–Trinajstić information content (AvgIpc) is 3.07. The van der Waals surface area contributed by atoms with Gasteiger partial charge in [-0.05, 0) is 19.8 Å². The van der Waals surface area contributed by atoms with Gasteiger partial charge in [-0.3, -0.25) is 0 Å². The average molecular weight is 359 g/mol. The highest BCUT2D eigenvalue weighted by Crippen LogP contribution is 2.04. The van der Waals surface area contributed by atoms with Crippen LogP contribution in [0.15, 0.2) is 35.9 Å². The van der Waals surface area contributed by atoms with Crippen molar-refractivity contribution in [3.05, 3.63) is 36.3 Å². The maximum absolute atomic E-state index is 11.3. The van der Waals surface area contributed by atoms with Gasteiger partial charge in [-0.15, -0.1) is 6.01 Å². The van der Waals surface area contributed by atoms with Gasteiger partial charge in [0.1, 0.15) is 25.5 Å². The van der Waals surface area contributed by atoms with E-state index in [2.05, 4.69) is 35.6 Å². The Bertz CT molecular complexity index is 624. The molecule has 0 saturated carbocycles. The van der Waals surface area contributed by atoms with Crippen molar-refractivity contribution in [2.24, 2.45) is 4.99 Å². The smallest absolute Gasteiger partial charge is 0.333 e. The number of aryl methyl sites for hydroxylation is 1. The minimum absolute atomic E-state index is 0.317. The molecule has 0 radical (unpaired) electrons. The molecule has 1 heterocycles. The zero-order valence-corrected chi connectivity index (χ0v) is 15.9. The number of aliphatic imine (C=N–C) groups is 1. The second kappa shape index (κ2) is 15.8. The molecule has 0 fully saturated rings. The first kappa shape index (κ1) is 23.3. The van der Waals surface area contributed by atoms with E-state index in [9.17, 15) is 4.79 Å². The molecular formula is C19H29N5O2. The summed E-state index contributed by atoms with van der Waals surface area (Å²) in [6.07, 6.45) is 15.3. The van der Waals surface area contributed by atoms with E-state index in [4.69, 9.17) is 15.4 Å². The number of carbonyl (C=O) groups excluding carboxylic acids is 1. The number of carbonyl (C=O) groups is 1. The van der Waals surface area contributed by atoms with Crippen molar-refractivity contribution in [3.8, 4) is 6.19 Å². The highest BCUT2D eigenvalue weighted by Gasteiger charge is 2.06. The van der Waals surface area contributed by atoms with Gasteiger partial charge in [0.15, 0.2) is 0 Å². The highest BCUT2D eigenvalue weighted by atomic mass is 16.5. The molecule has 0 N–H and O–H groups in total. The molecule has 1 aromatic rings. The topological polar surface area (TPSA) is 93.6 Å². The lowest BCUT2D eigenvalue weighted by molar-refractivity contribution is -0.696. The van der Waals surface area contributed by atoms with Gasteiger partial charge in [0.25, 0.3) is 0 Å². The largest absolute Gasteiger partial charge is 0.458 e. The van der Waals surface area contributed by atoms with E-state index in [1.807, 2.05) is 10.8 Å². The predicted octanol–water partition coefficient (Wildman–Crippen LogP) is 3.47. The second-order valence-electron chi connectivity index (χ2n) is 5.89. The highest BCUT2D eigenvalue weighted by molar-refractivity contribution is 5.86. The van der Waals surface area contributed by atoms with Crippen molar-refractivity contribution >= 4 is 12.0 Å². The standard InChI is InChI=1S/C17H29N2O2.C2N3/c1-4-5-6-7-8-9-10-18-11-12-19(15-18)13-14-21-17(20)16(2)3;3-1-5-2-4/h11-12,15H,2,4-10,13-14H2,1,3H3;/q+1;-1. The van der Waals surface area contributed by atoms with Crippen LogP contribution in [0.25, 0.3) is 5.41 Å². The minimum Gasteiger partial charge on any atom is -0.458 e. The molecular weight excluding hydrogens is 330 g/mol. The Kier molecular flexibility index (Phi) is 14.2. The molecule has 7 heteroatoms. The first-order valence-corrected chi connectivity index (χ1v) is 8.90. The molecule has 0 atom stereocenters. The van der Waals surface area contributed by atoms with E-state index in [0.717, 1.165) is 6.54 Å². The summed E-state index contributed by atoms with van der Waals surface area (Å²) in [7, 11) is 0. The van der Waals surface area contributed by atoms with Crippen LogP contribution in [0.5, 0.6) is 0 Å². The van der Waals surface area contributed by atoms with Crippen LogP contribution in [-0.4, -0.2) is 23.2 Å². The van der Waals surface area contributed by atoms with Gasteiger partial charge in [-0.1, -0.05) is 39.2 Å². The molecule has 0 amide bonds. The quantitative estimate of drug-likeness (QED) is 0.151. The third kappa shape index (κ3) is 12.7. The molecule has 0 bridgehead atoms. The Balaban J connectivity index is 0.00000110. The molecule has 7 nitrogen and oxygen atoms in total. The molecule has 0 unspecified atom stereocenters. The Morgan fingerprint density at radius 1 is 1.35 bits per heavy atom. The Morgan fingerprint density at radius 3 is 2.62 bits per heavy atom. The van der Waals surface area contributed by atoms with Crippen molar-refractivity contribution in [2.45, 2.75) is 65.5 Å². The Morgan fingerprint density at radius 2 is 2.04 bits per heavy atom. The summed E-state index contributed by atoms with van der Waals surface area (Å²) in [5.41, 5.74) is 0.445. The van der Waals surface area contributed by atoms with Gasteiger partial charge in [0, 0.05) is 5.57 Å². The van der Waals surface area contributed by atoms with Crippen LogP contribution >= 0.6 is 0 Å². The van der Waals surface area contributed by atoms with Gasteiger partial charge in [-0.2, -0.15) is 5.26 Å². The molecule has 1 aromatic heterocycles. The molecule has 0 aliphatic rings. The van der Waals surface area contributed by atoms with Gasteiger partial charge in [-0.25, -0.2) is 13.9 Å². The summed E-state index contributed by atoms with van der Waals surface area (Å²) in [5.74, 6) is -0.317. The lowest BCUT2D eigenvalue weighted by Gasteiger charge is -2.01. The van der Waals surface area contributed by atoms with Crippen LogP contribution in [0.4, 0.5) is 0 Å². The lowest BCUT2D eigenvalue weighted by atomic mass is 10.1. The Labute approximate surface area is 156 Å². The van der Waals surface area contributed by atoms with Gasteiger partial charge in [0.05, 0.1) is 12.7 Å². The van der Waals surface area contributed by atoms with Crippen LogP contribution in [-0.2, 0) is 22.6 Å². The number of hydrogen-bond acceptors (Lipinski definition) is 4.